The van der Waals surface area contributed by atoms with Gasteiger partial charge < -0.3 is 20.2 Å². The number of rotatable bonds is 6. The Bertz CT molecular complexity index is 791. The molecule has 1 aliphatic carbocycles. The van der Waals surface area contributed by atoms with Crippen LogP contribution in [0.3, 0.4) is 0 Å². The topological polar surface area (TPSA) is 98.7 Å². The molecule has 172 valence electrons. The molecular formula is C20H28F3N5O3. The Kier molecular flexibility index (Phi) is 7.22. The van der Waals surface area contributed by atoms with Gasteiger partial charge in [0, 0.05) is 50.4 Å². The molecule has 2 aliphatic rings. The average Bonchev–Trinajstić information content (AvgIpc) is 3.27. The number of carbonyl (C=O) groups is 2. The van der Waals surface area contributed by atoms with Crippen LogP contribution >= 0.6 is 0 Å². The zero-order valence-electron chi connectivity index (χ0n) is 17.5. The summed E-state index contributed by atoms with van der Waals surface area (Å²) in [6, 6.07) is 1.29. The van der Waals surface area contributed by atoms with Crippen LogP contribution in [0.15, 0.2) is 6.07 Å². The second-order valence-electron chi connectivity index (χ2n) is 8.16. The minimum absolute atomic E-state index is 0.0499. The number of aromatic nitrogens is 2. The van der Waals surface area contributed by atoms with Crippen LogP contribution < -0.4 is 10.2 Å². The molecule has 1 aliphatic heterocycles. The smallest absolute Gasteiger partial charge is 0.451 e. The molecule has 11 heteroatoms. The van der Waals surface area contributed by atoms with Crippen molar-refractivity contribution in [3.05, 3.63) is 17.6 Å². The maximum atomic E-state index is 13.4. The zero-order chi connectivity index (χ0) is 22.6. The first-order chi connectivity index (χ1) is 14.6. The summed E-state index contributed by atoms with van der Waals surface area (Å²) in [4.78, 5) is 33.8. The highest BCUT2D eigenvalue weighted by Crippen LogP contribution is 2.37. The number of urea groups is 1. The number of amides is 2. The van der Waals surface area contributed by atoms with E-state index in [4.69, 9.17) is 5.11 Å². The maximum Gasteiger partial charge on any atom is 0.451 e. The molecule has 3 rings (SSSR count). The average molecular weight is 443 g/mol. The van der Waals surface area contributed by atoms with E-state index in [0.717, 1.165) is 12.8 Å². The normalized spacial score (nSPS) is 21.7. The van der Waals surface area contributed by atoms with Crippen LogP contribution in [0.4, 0.5) is 23.8 Å². The Morgan fingerprint density at radius 2 is 1.84 bits per heavy atom. The van der Waals surface area contributed by atoms with Crippen molar-refractivity contribution >= 4 is 17.8 Å². The van der Waals surface area contributed by atoms with E-state index in [1.165, 1.54) is 0 Å². The molecule has 1 aromatic rings. The van der Waals surface area contributed by atoms with Crippen molar-refractivity contribution in [3.63, 3.8) is 0 Å². The number of carboxylic acid groups (broad SMARTS) is 1. The van der Waals surface area contributed by atoms with Crippen molar-refractivity contribution in [1.82, 2.24) is 20.2 Å². The van der Waals surface area contributed by atoms with E-state index in [1.54, 1.807) is 18.0 Å². The van der Waals surface area contributed by atoms with Crippen molar-refractivity contribution in [2.45, 2.75) is 63.1 Å². The summed E-state index contributed by atoms with van der Waals surface area (Å²) in [6.45, 7) is 1.44. The van der Waals surface area contributed by atoms with Crippen LogP contribution in [0.1, 0.15) is 62.4 Å². The van der Waals surface area contributed by atoms with Crippen molar-refractivity contribution in [3.8, 4) is 0 Å². The molecule has 2 fully saturated rings. The monoisotopic (exact) mass is 443 g/mol. The molecule has 0 atom stereocenters. The lowest BCUT2D eigenvalue weighted by molar-refractivity contribution is -0.145. The molecular weight excluding hydrogens is 415 g/mol. The molecule has 1 saturated heterocycles. The summed E-state index contributed by atoms with van der Waals surface area (Å²) in [7, 11) is 1.65. The summed E-state index contributed by atoms with van der Waals surface area (Å²) in [6.07, 6.45) is -0.373. The van der Waals surface area contributed by atoms with Gasteiger partial charge in [0.15, 0.2) is 0 Å². The van der Waals surface area contributed by atoms with Gasteiger partial charge in [0.25, 0.3) is 0 Å². The third-order valence-electron chi connectivity index (χ3n) is 6.01. The predicted molar refractivity (Wildman–Crippen MR) is 107 cm³/mol. The fraction of sp³-hybridized carbons (Fsp3) is 0.700. The number of hydrogen-bond donors (Lipinski definition) is 2. The van der Waals surface area contributed by atoms with Gasteiger partial charge in [0.2, 0.25) is 5.82 Å². The Labute approximate surface area is 178 Å². The minimum Gasteiger partial charge on any atom is -0.481 e. The van der Waals surface area contributed by atoms with Gasteiger partial charge in [0.05, 0.1) is 6.42 Å². The Morgan fingerprint density at radius 3 is 2.42 bits per heavy atom. The number of hydrogen-bond acceptors (Lipinski definition) is 5. The largest absolute Gasteiger partial charge is 0.481 e. The van der Waals surface area contributed by atoms with Gasteiger partial charge in [-0.05, 0) is 38.5 Å². The number of aliphatic carboxylic acids is 1. The Balaban J connectivity index is 1.65. The van der Waals surface area contributed by atoms with Gasteiger partial charge in [-0.15, -0.1) is 0 Å². The standard InChI is InChI=1S/C20H28F3N5O3/c1-27(19(31)24-9-8-17(29)30)14-6-4-13(5-7-14)15-12-16(28-10-2-3-11-28)26-18(25-15)20(21,22)23/h12-14H,2-11H2,1H3,(H,24,31)(H,29,30). The van der Waals surface area contributed by atoms with Crippen molar-refractivity contribution in [2.24, 2.45) is 0 Å². The van der Waals surface area contributed by atoms with Gasteiger partial charge >= 0.3 is 18.2 Å². The molecule has 1 saturated carbocycles. The molecule has 2 N–H and O–H groups in total. The van der Waals surface area contributed by atoms with E-state index in [-0.39, 0.29) is 31.0 Å². The van der Waals surface area contributed by atoms with Gasteiger partial charge in [-0.1, -0.05) is 0 Å². The van der Waals surface area contributed by atoms with E-state index in [2.05, 4.69) is 15.3 Å². The molecule has 2 amide bonds. The van der Waals surface area contributed by atoms with E-state index in [0.29, 0.717) is 50.3 Å². The predicted octanol–water partition coefficient (Wildman–Crippen LogP) is 3.24. The number of carboxylic acids is 1. The molecule has 31 heavy (non-hydrogen) atoms. The van der Waals surface area contributed by atoms with E-state index in [9.17, 15) is 22.8 Å². The maximum absolute atomic E-state index is 13.4. The third kappa shape index (κ3) is 5.98. The number of carbonyl (C=O) groups excluding carboxylic acids is 1. The highest BCUT2D eigenvalue weighted by atomic mass is 19.4. The van der Waals surface area contributed by atoms with E-state index < -0.39 is 18.0 Å². The number of halogens is 3. The molecule has 8 nitrogen and oxygen atoms in total. The summed E-state index contributed by atoms with van der Waals surface area (Å²) < 4.78 is 40.1. The Hall–Kier alpha value is -2.59. The summed E-state index contributed by atoms with van der Waals surface area (Å²) in [5, 5.41) is 11.2. The lowest BCUT2D eigenvalue weighted by atomic mass is 9.83. The highest BCUT2D eigenvalue weighted by molar-refractivity contribution is 5.75. The van der Waals surface area contributed by atoms with Crippen LogP contribution in [0, 0.1) is 0 Å². The number of nitrogens with one attached hydrogen (secondary N) is 1. The zero-order valence-corrected chi connectivity index (χ0v) is 17.5. The fourth-order valence-electron chi connectivity index (χ4n) is 4.22. The van der Waals surface area contributed by atoms with Gasteiger partial charge in [-0.2, -0.15) is 13.2 Å². The van der Waals surface area contributed by atoms with Crippen LogP contribution in [0.2, 0.25) is 0 Å². The van der Waals surface area contributed by atoms with Gasteiger partial charge in [-0.25, -0.2) is 14.8 Å². The molecule has 0 radical (unpaired) electrons. The van der Waals surface area contributed by atoms with Crippen LogP contribution in [0.5, 0.6) is 0 Å². The second kappa shape index (κ2) is 9.69. The summed E-state index contributed by atoms with van der Waals surface area (Å²) in [5.41, 5.74) is 0.413. The number of nitrogens with zero attached hydrogens (tertiary/aromatic N) is 4. The first kappa shape index (κ1) is 23.1. The first-order valence-corrected chi connectivity index (χ1v) is 10.6. The lowest BCUT2D eigenvalue weighted by Crippen LogP contribution is -2.45. The SMILES string of the molecule is CN(C(=O)NCCC(=O)O)C1CCC(c2cc(N3CCCC3)nc(C(F)(F)F)n2)CC1. The van der Waals surface area contributed by atoms with Gasteiger partial charge in [0.1, 0.15) is 5.82 Å². The minimum atomic E-state index is -4.60. The van der Waals surface area contributed by atoms with Crippen molar-refractivity contribution in [1.29, 1.82) is 0 Å². The molecule has 2 heterocycles. The highest BCUT2D eigenvalue weighted by Gasteiger charge is 2.37. The van der Waals surface area contributed by atoms with Crippen molar-refractivity contribution < 1.29 is 27.9 Å². The van der Waals surface area contributed by atoms with Crippen LogP contribution in [-0.4, -0.2) is 64.7 Å². The molecule has 0 aromatic carbocycles. The van der Waals surface area contributed by atoms with Crippen molar-refractivity contribution in [2.75, 3.05) is 31.6 Å². The quantitative estimate of drug-likeness (QED) is 0.701. The van der Waals surface area contributed by atoms with Gasteiger partial charge in [-0.3, -0.25) is 4.79 Å². The number of alkyl halides is 3. The molecule has 0 unspecified atom stereocenters. The summed E-state index contributed by atoms with van der Waals surface area (Å²) >= 11 is 0. The fourth-order valence-corrected chi connectivity index (χ4v) is 4.22. The molecule has 0 bridgehead atoms. The summed E-state index contributed by atoms with van der Waals surface area (Å²) in [5.74, 6) is -1.86. The molecule has 0 spiro atoms. The molecule has 1 aromatic heterocycles. The second-order valence-corrected chi connectivity index (χ2v) is 8.16. The van der Waals surface area contributed by atoms with Crippen LogP contribution in [-0.2, 0) is 11.0 Å². The Morgan fingerprint density at radius 1 is 1.19 bits per heavy atom. The van der Waals surface area contributed by atoms with E-state index >= 15 is 0 Å². The van der Waals surface area contributed by atoms with Crippen LogP contribution in [0.25, 0.3) is 0 Å². The lowest BCUT2D eigenvalue weighted by Gasteiger charge is -2.34. The number of anilines is 1. The third-order valence-corrected chi connectivity index (χ3v) is 6.01. The first-order valence-electron chi connectivity index (χ1n) is 10.6. The van der Waals surface area contributed by atoms with E-state index in [1.807, 2.05) is 4.90 Å².